The van der Waals surface area contributed by atoms with E-state index in [-0.39, 0.29) is 26.1 Å². The highest BCUT2D eigenvalue weighted by atomic mass is 31.2. The number of likely N-dealkylation sites (N-methyl/N-ethyl adjacent to an activating group) is 1. The van der Waals surface area contributed by atoms with Crippen molar-refractivity contribution >= 4 is 19.8 Å². The summed E-state index contributed by atoms with van der Waals surface area (Å²) in [5.74, 6) is -0.879. The molecule has 2 atom stereocenters. The molecular formula is C48H87NO8P+. The van der Waals surface area contributed by atoms with Crippen LogP contribution in [0.3, 0.4) is 0 Å². The lowest BCUT2D eigenvalue weighted by molar-refractivity contribution is -0.870. The number of ether oxygens (including phenoxy) is 2. The molecule has 0 fully saturated rings. The standard InChI is InChI=1S/C48H86NO8P/c1-6-8-10-12-14-16-18-20-22-24-26-28-30-32-34-36-38-40-47(50)54-44-46(45-56-58(52,53)55-43-42-49(3,4)5)57-48(51)41-39-37-35-33-31-29-27-25-23-21-19-17-15-13-11-9-7-2/h15,17,21,23,26-29,32,34,46H,6-14,16,18-20,22,24-25,30-31,33,35-45H2,1-5H3/p+1/b17-15+,23-21+,28-26+,29-27+,34-32+/t46-/m1/s1. The van der Waals surface area contributed by atoms with Gasteiger partial charge in [-0.3, -0.25) is 18.6 Å². The second-order valence-corrected chi connectivity index (χ2v) is 17.9. The summed E-state index contributed by atoms with van der Waals surface area (Å²) in [5.41, 5.74) is 0. The lowest BCUT2D eigenvalue weighted by Gasteiger charge is -2.24. The van der Waals surface area contributed by atoms with Crippen LogP contribution < -0.4 is 0 Å². The monoisotopic (exact) mass is 837 g/mol. The average molecular weight is 837 g/mol. The molecule has 1 N–H and O–H groups in total. The van der Waals surface area contributed by atoms with Gasteiger partial charge in [0.1, 0.15) is 19.8 Å². The molecule has 0 aromatic carbocycles. The van der Waals surface area contributed by atoms with Crippen LogP contribution in [0, 0.1) is 0 Å². The van der Waals surface area contributed by atoms with Gasteiger partial charge in [-0.1, -0.05) is 152 Å². The molecule has 0 heterocycles. The van der Waals surface area contributed by atoms with Crippen molar-refractivity contribution in [2.24, 2.45) is 0 Å². The summed E-state index contributed by atoms with van der Waals surface area (Å²) < 4.78 is 34.3. The first-order valence-corrected chi connectivity index (χ1v) is 24.5. The third kappa shape index (κ3) is 43.3. The zero-order valence-corrected chi connectivity index (χ0v) is 38.7. The Labute approximate surface area is 356 Å². The SMILES string of the molecule is CCCCC/C=C/C/C=C/C/C=C/CCCCCCC(=O)O[C@H](COC(=O)CCC/C=C/C/C=C/CCCCCCCCCCC)COP(=O)(O)OCC[N+](C)(C)C. The van der Waals surface area contributed by atoms with Gasteiger partial charge < -0.3 is 18.9 Å². The normalized spacial score (nSPS) is 14.1. The Bertz CT molecular complexity index is 1170. The number of phosphoric ester groups is 1. The minimum Gasteiger partial charge on any atom is -0.462 e. The number of carbonyl (C=O) groups is 2. The molecule has 0 amide bonds. The van der Waals surface area contributed by atoms with E-state index in [1.54, 1.807) is 0 Å². The summed E-state index contributed by atoms with van der Waals surface area (Å²) in [6.07, 6.45) is 48.5. The molecule has 0 saturated heterocycles. The van der Waals surface area contributed by atoms with E-state index in [1.807, 2.05) is 21.1 Å². The van der Waals surface area contributed by atoms with Gasteiger partial charge in [0.2, 0.25) is 0 Å². The van der Waals surface area contributed by atoms with Crippen molar-refractivity contribution in [1.29, 1.82) is 0 Å². The van der Waals surface area contributed by atoms with Crippen molar-refractivity contribution in [2.45, 2.75) is 187 Å². The van der Waals surface area contributed by atoms with Crippen LogP contribution in [-0.2, 0) is 32.7 Å². The van der Waals surface area contributed by atoms with Crippen molar-refractivity contribution < 1.29 is 42.1 Å². The third-order valence-corrected chi connectivity index (χ3v) is 10.5. The molecule has 0 aliphatic rings. The second kappa shape index (κ2) is 40.1. The summed E-state index contributed by atoms with van der Waals surface area (Å²) in [6, 6.07) is 0. The smallest absolute Gasteiger partial charge is 0.462 e. The predicted octanol–water partition coefficient (Wildman–Crippen LogP) is 13.2. The van der Waals surface area contributed by atoms with Gasteiger partial charge in [0.25, 0.3) is 0 Å². The largest absolute Gasteiger partial charge is 0.472 e. The summed E-state index contributed by atoms with van der Waals surface area (Å²) in [6.45, 7) is 4.31. The van der Waals surface area contributed by atoms with E-state index in [0.29, 0.717) is 23.9 Å². The van der Waals surface area contributed by atoms with Gasteiger partial charge in [-0.15, -0.1) is 0 Å². The van der Waals surface area contributed by atoms with Crippen molar-refractivity contribution in [3.05, 3.63) is 60.8 Å². The minimum absolute atomic E-state index is 0.0186. The van der Waals surface area contributed by atoms with Gasteiger partial charge in [0, 0.05) is 12.8 Å². The molecule has 0 bridgehead atoms. The highest BCUT2D eigenvalue weighted by molar-refractivity contribution is 7.47. The molecule has 10 heteroatoms. The number of carbonyl (C=O) groups excluding carboxylic acids is 2. The quantitative estimate of drug-likeness (QED) is 0.0213. The Morgan fingerprint density at radius 3 is 1.47 bits per heavy atom. The molecule has 0 aromatic heterocycles. The number of hydrogen-bond acceptors (Lipinski definition) is 7. The maximum atomic E-state index is 12.7. The number of unbranched alkanes of at least 4 members (excludes halogenated alkanes) is 17. The molecule has 58 heavy (non-hydrogen) atoms. The Kier molecular flexibility index (Phi) is 38.5. The molecule has 0 saturated carbocycles. The zero-order chi connectivity index (χ0) is 42.8. The summed E-state index contributed by atoms with van der Waals surface area (Å²) in [5, 5.41) is 0. The van der Waals surface area contributed by atoms with E-state index in [2.05, 4.69) is 74.6 Å². The van der Waals surface area contributed by atoms with E-state index >= 15 is 0 Å². The van der Waals surface area contributed by atoms with Gasteiger partial charge in [-0.2, -0.15) is 0 Å². The van der Waals surface area contributed by atoms with Gasteiger partial charge >= 0.3 is 19.8 Å². The Morgan fingerprint density at radius 1 is 0.534 bits per heavy atom. The fourth-order valence-electron chi connectivity index (χ4n) is 5.88. The topological polar surface area (TPSA) is 108 Å². The summed E-state index contributed by atoms with van der Waals surface area (Å²) in [7, 11) is 1.43. The Balaban J connectivity index is 4.45. The van der Waals surface area contributed by atoms with E-state index in [4.69, 9.17) is 18.5 Å². The zero-order valence-electron chi connectivity index (χ0n) is 37.8. The molecule has 0 aliphatic carbocycles. The lowest BCUT2D eigenvalue weighted by atomic mass is 10.1. The third-order valence-electron chi connectivity index (χ3n) is 9.52. The Hall–Kier alpha value is -2.29. The van der Waals surface area contributed by atoms with Crippen molar-refractivity contribution in [3.8, 4) is 0 Å². The minimum atomic E-state index is -4.39. The molecule has 1 unspecified atom stereocenters. The van der Waals surface area contributed by atoms with E-state index in [1.165, 1.54) is 83.5 Å². The van der Waals surface area contributed by atoms with Crippen LogP contribution in [0.1, 0.15) is 181 Å². The maximum absolute atomic E-state index is 12.7. The summed E-state index contributed by atoms with van der Waals surface area (Å²) in [4.78, 5) is 35.4. The van der Waals surface area contributed by atoms with E-state index in [0.717, 1.165) is 57.8 Å². The molecule has 0 radical (unpaired) electrons. The molecule has 0 spiro atoms. The van der Waals surface area contributed by atoms with Gasteiger partial charge in [0.15, 0.2) is 6.10 Å². The van der Waals surface area contributed by atoms with E-state index in [9.17, 15) is 19.0 Å². The number of esters is 2. The number of rotatable bonds is 41. The van der Waals surface area contributed by atoms with Crippen molar-refractivity contribution in [1.82, 2.24) is 0 Å². The van der Waals surface area contributed by atoms with Crippen molar-refractivity contribution in [2.75, 3.05) is 47.5 Å². The highest BCUT2D eigenvalue weighted by Gasteiger charge is 2.27. The number of allylic oxidation sites excluding steroid dienone is 10. The fraction of sp³-hybridized carbons (Fsp3) is 0.750. The van der Waals surface area contributed by atoms with Crippen LogP contribution >= 0.6 is 7.82 Å². The predicted molar refractivity (Wildman–Crippen MR) is 243 cm³/mol. The molecule has 336 valence electrons. The highest BCUT2D eigenvalue weighted by Crippen LogP contribution is 2.43. The van der Waals surface area contributed by atoms with Gasteiger partial charge in [0.05, 0.1) is 27.7 Å². The number of quaternary nitrogens is 1. The van der Waals surface area contributed by atoms with Crippen LogP contribution in [0.2, 0.25) is 0 Å². The second-order valence-electron chi connectivity index (χ2n) is 16.4. The van der Waals surface area contributed by atoms with Gasteiger partial charge in [-0.25, -0.2) is 4.57 Å². The first kappa shape index (κ1) is 55.7. The van der Waals surface area contributed by atoms with Crippen LogP contribution in [0.5, 0.6) is 0 Å². The molecular weight excluding hydrogens is 750 g/mol. The fourth-order valence-corrected chi connectivity index (χ4v) is 6.62. The van der Waals surface area contributed by atoms with Crippen LogP contribution in [-0.4, -0.2) is 74.9 Å². The lowest BCUT2D eigenvalue weighted by Crippen LogP contribution is -2.37. The van der Waals surface area contributed by atoms with Gasteiger partial charge in [-0.05, 0) is 77.0 Å². The first-order chi connectivity index (χ1) is 28.0. The molecule has 0 aliphatic heterocycles. The number of hydrogen-bond donors (Lipinski definition) is 1. The molecule has 0 aromatic rings. The Morgan fingerprint density at radius 2 is 0.948 bits per heavy atom. The van der Waals surface area contributed by atoms with Crippen LogP contribution in [0.15, 0.2) is 60.8 Å². The maximum Gasteiger partial charge on any atom is 0.472 e. The van der Waals surface area contributed by atoms with Crippen molar-refractivity contribution in [3.63, 3.8) is 0 Å². The number of nitrogens with zero attached hydrogens (tertiary/aromatic N) is 1. The number of phosphoric acid groups is 1. The van der Waals surface area contributed by atoms with Crippen LogP contribution in [0.4, 0.5) is 0 Å². The summed E-state index contributed by atoms with van der Waals surface area (Å²) >= 11 is 0. The first-order valence-electron chi connectivity index (χ1n) is 23.0. The molecule has 9 nitrogen and oxygen atoms in total. The van der Waals surface area contributed by atoms with Crippen LogP contribution in [0.25, 0.3) is 0 Å². The average Bonchev–Trinajstić information content (AvgIpc) is 3.17. The molecule has 0 rings (SSSR count). The van der Waals surface area contributed by atoms with E-state index < -0.39 is 32.5 Å².